The van der Waals surface area contributed by atoms with Crippen molar-refractivity contribution in [3.63, 3.8) is 0 Å². The molecule has 0 N–H and O–H groups in total. The van der Waals surface area contributed by atoms with Gasteiger partial charge in [-0.1, -0.05) is 91.8 Å². The van der Waals surface area contributed by atoms with Crippen LogP contribution in [0.5, 0.6) is 11.5 Å². The van der Waals surface area contributed by atoms with Crippen molar-refractivity contribution in [3.05, 3.63) is 77.5 Å². The van der Waals surface area contributed by atoms with E-state index < -0.39 is 0 Å². The number of pyridine rings is 1. The van der Waals surface area contributed by atoms with Gasteiger partial charge in [0.05, 0.1) is 11.1 Å². The summed E-state index contributed by atoms with van der Waals surface area (Å²) in [5.74, 6) is 2.41. The quantitative estimate of drug-likeness (QED) is 0.225. The van der Waals surface area contributed by atoms with Crippen LogP contribution in [0.25, 0.3) is 43.6 Å². The van der Waals surface area contributed by atoms with Crippen LogP contribution in [-0.4, -0.2) is 4.98 Å². The highest BCUT2D eigenvalue weighted by Gasteiger charge is 2.28. The van der Waals surface area contributed by atoms with Crippen molar-refractivity contribution < 1.29 is 4.74 Å². The third-order valence-corrected chi connectivity index (χ3v) is 7.73. The van der Waals surface area contributed by atoms with Crippen LogP contribution in [-0.2, 0) is 18.3 Å². The maximum Gasteiger partial charge on any atom is 0.140 e. The molecular formula is C36H39NO. The Morgan fingerprint density at radius 3 is 2.32 bits per heavy atom. The molecule has 2 nitrogen and oxygen atoms in total. The Bertz CT molecular complexity index is 1730. The molecule has 0 bridgehead atoms. The van der Waals surface area contributed by atoms with Crippen molar-refractivity contribution in [1.29, 1.82) is 0 Å². The lowest BCUT2D eigenvalue weighted by molar-refractivity contribution is 0.411. The van der Waals surface area contributed by atoms with E-state index in [1.807, 2.05) is 6.20 Å². The Kier molecular flexibility index (Phi) is 5.61. The van der Waals surface area contributed by atoms with Crippen molar-refractivity contribution in [3.8, 4) is 22.8 Å². The molecule has 5 aromatic rings. The van der Waals surface area contributed by atoms with Crippen LogP contribution >= 0.6 is 0 Å². The second kappa shape index (κ2) is 8.56. The summed E-state index contributed by atoms with van der Waals surface area (Å²) in [4.78, 5) is 5.01. The normalized spacial score (nSPS) is 13.4. The van der Waals surface area contributed by atoms with Gasteiger partial charge in [-0.15, -0.1) is 0 Å². The molecular weight excluding hydrogens is 462 g/mol. The molecule has 38 heavy (non-hydrogen) atoms. The van der Waals surface area contributed by atoms with E-state index in [0.29, 0.717) is 5.92 Å². The summed E-state index contributed by atoms with van der Waals surface area (Å²) in [5, 5.41) is 7.46. The SMILES string of the molecule is CC(C)Cc1c2c(cc3cc(CC(C)(C)C)ccc13)-c1nccc3c1c(cc1cccc(C(C)(C)C)c13)O2. The molecule has 6 rings (SSSR count). The standard InChI is InChI=1S/C36H39NO/c1-21(2)16-27-25-13-12-22(20-35(3,4)5)17-24(25)18-28-33-32-26(14-15-37-33)31-23(19-30(32)38-34(27)28)10-9-11-29(31)36(6,7)8/h9-15,17-19,21H,16,20H2,1-8H3. The number of aromatic nitrogens is 1. The van der Waals surface area contributed by atoms with Gasteiger partial charge in [-0.05, 0) is 85.8 Å². The molecule has 0 radical (unpaired) electrons. The smallest absolute Gasteiger partial charge is 0.140 e. The molecule has 194 valence electrons. The lowest BCUT2D eigenvalue weighted by atomic mass is 9.81. The van der Waals surface area contributed by atoms with E-state index in [4.69, 9.17) is 9.72 Å². The number of hydrogen-bond donors (Lipinski definition) is 0. The first kappa shape index (κ1) is 24.9. The number of nitrogens with zero attached hydrogens (tertiary/aromatic N) is 1. The van der Waals surface area contributed by atoms with E-state index in [1.165, 1.54) is 43.6 Å². The van der Waals surface area contributed by atoms with E-state index >= 15 is 0 Å². The Hall–Kier alpha value is -3.39. The molecule has 0 saturated heterocycles. The van der Waals surface area contributed by atoms with E-state index in [0.717, 1.165) is 41.0 Å². The van der Waals surface area contributed by atoms with Crippen LogP contribution in [0.15, 0.2) is 60.8 Å². The van der Waals surface area contributed by atoms with Gasteiger partial charge in [0.25, 0.3) is 0 Å². The number of hydrogen-bond acceptors (Lipinski definition) is 2. The Morgan fingerprint density at radius 1 is 0.816 bits per heavy atom. The fourth-order valence-corrected chi connectivity index (χ4v) is 6.28. The van der Waals surface area contributed by atoms with Crippen molar-refractivity contribution in [2.24, 2.45) is 11.3 Å². The predicted octanol–water partition coefficient (Wildman–Crippen LogP) is 10.4. The van der Waals surface area contributed by atoms with Gasteiger partial charge in [-0.3, -0.25) is 4.98 Å². The minimum atomic E-state index is 0.0321. The van der Waals surface area contributed by atoms with Crippen molar-refractivity contribution in [2.45, 2.75) is 73.6 Å². The first-order chi connectivity index (χ1) is 17.9. The first-order valence-corrected chi connectivity index (χ1v) is 14.0. The van der Waals surface area contributed by atoms with Gasteiger partial charge in [0.2, 0.25) is 0 Å². The molecule has 1 aliphatic heterocycles. The molecule has 2 heteroatoms. The summed E-state index contributed by atoms with van der Waals surface area (Å²) in [6.45, 7) is 18.4. The van der Waals surface area contributed by atoms with Crippen molar-refractivity contribution in [2.75, 3.05) is 0 Å². The van der Waals surface area contributed by atoms with Gasteiger partial charge in [0.15, 0.2) is 0 Å². The second-order valence-electron chi connectivity index (χ2n) is 13.8. The molecule has 1 aliphatic rings. The molecule has 0 fully saturated rings. The van der Waals surface area contributed by atoms with Gasteiger partial charge >= 0.3 is 0 Å². The zero-order valence-corrected chi connectivity index (χ0v) is 24.1. The number of rotatable bonds is 3. The highest BCUT2D eigenvalue weighted by atomic mass is 16.5. The van der Waals surface area contributed by atoms with Crippen LogP contribution in [0.4, 0.5) is 0 Å². The summed E-state index contributed by atoms with van der Waals surface area (Å²) in [7, 11) is 0. The molecule has 0 amide bonds. The third-order valence-electron chi connectivity index (χ3n) is 7.73. The molecule has 0 aliphatic carbocycles. The zero-order chi connectivity index (χ0) is 27.0. The topological polar surface area (TPSA) is 22.1 Å². The minimum absolute atomic E-state index is 0.0321. The zero-order valence-electron chi connectivity index (χ0n) is 24.1. The maximum absolute atomic E-state index is 6.89. The van der Waals surface area contributed by atoms with Crippen LogP contribution < -0.4 is 4.74 Å². The van der Waals surface area contributed by atoms with Crippen LogP contribution in [0.2, 0.25) is 0 Å². The largest absolute Gasteiger partial charge is 0.456 e. The average Bonchev–Trinajstić information content (AvgIpc) is 2.82. The molecule has 4 aromatic carbocycles. The van der Waals surface area contributed by atoms with E-state index in [-0.39, 0.29) is 10.8 Å². The number of ether oxygens (including phenoxy) is 1. The predicted molar refractivity (Wildman–Crippen MR) is 163 cm³/mol. The summed E-state index contributed by atoms with van der Waals surface area (Å²) in [5.41, 5.74) is 6.46. The summed E-state index contributed by atoms with van der Waals surface area (Å²) < 4.78 is 6.89. The van der Waals surface area contributed by atoms with E-state index in [9.17, 15) is 0 Å². The van der Waals surface area contributed by atoms with Crippen LogP contribution in [0.1, 0.15) is 72.1 Å². The molecule has 0 unspecified atom stereocenters. The lowest BCUT2D eigenvalue weighted by Gasteiger charge is -2.27. The van der Waals surface area contributed by atoms with Crippen LogP contribution in [0, 0.1) is 11.3 Å². The fraction of sp³-hybridized carbons (Fsp3) is 0.361. The minimum Gasteiger partial charge on any atom is -0.456 e. The number of benzene rings is 4. The Morgan fingerprint density at radius 2 is 1.61 bits per heavy atom. The van der Waals surface area contributed by atoms with Gasteiger partial charge in [0, 0.05) is 17.3 Å². The molecule has 0 atom stereocenters. The van der Waals surface area contributed by atoms with Gasteiger partial charge < -0.3 is 4.74 Å². The maximum atomic E-state index is 6.89. The summed E-state index contributed by atoms with van der Waals surface area (Å²) in [6.07, 6.45) is 4.00. The second-order valence-corrected chi connectivity index (χ2v) is 13.8. The van der Waals surface area contributed by atoms with E-state index in [1.54, 1.807) is 0 Å². The highest BCUT2D eigenvalue weighted by molar-refractivity contribution is 6.17. The highest BCUT2D eigenvalue weighted by Crippen LogP contribution is 2.52. The van der Waals surface area contributed by atoms with Crippen molar-refractivity contribution in [1.82, 2.24) is 4.98 Å². The summed E-state index contributed by atoms with van der Waals surface area (Å²) in [6, 6.07) is 20.4. The first-order valence-electron chi connectivity index (χ1n) is 14.0. The van der Waals surface area contributed by atoms with Gasteiger partial charge in [0.1, 0.15) is 11.5 Å². The van der Waals surface area contributed by atoms with E-state index in [2.05, 4.69) is 110 Å². The monoisotopic (exact) mass is 501 g/mol. The number of fused-ring (bicyclic) bond motifs is 5. The summed E-state index contributed by atoms with van der Waals surface area (Å²) >= 11 is 0. The van der Waals surface area contributed by atoms with Crippen molar-refractivity contribution >= 4 is 32.3 Å². The van der Waals surface area contributed by atoms with Gasteiger partial charge in [-0.25, -0.2) is 0 Å². The lowest BCUT2D eigenvalue weighted by Crippen LogP contribution is -2.12. The molecule has 1 aromatic heterocycles. The Balaban J connectivity index is 1.69. The molecule has 0 saturated carbocycles. The average molecular weight is 502 g/mol. The van der Waals surface area contributed by atoms with Crippen LogP contribution in [0.3, 0.4) is 0 Å². The third kappa shape index (κ3) is 4.15. The molecule has 0 spiro atoms. The fourth-order valence-electron chi connectivity index (χ4n) is 6.28. The Labute approximate surface area is 227 Å². The molecule has 2 heterocycles. The van der Waals surface area contributed by atoms with Gasteiger partial charge in [-0.2, -0.15) is 0 Å².